The molecule has 6 nitrogen and oxygen atoms in total. The molecule has 0 spiro atoms. The molecule has 21 rings (SSSR count). The van der Waals surface area contributed by atoms with Gasteiger partial charge in [-0.2, -0.15) is 15.8 Å². The summed E-state index contributed by atoms with van der Waals surface area (Å²) in [5, 5.41) is 27.7. The Labute approximate surface area is 681 Å². The van der Waals surface area contributed by atoms with Crippen molar-refractivity contribution in [2.45, 2.75) is 16.2 Å². The summed E-state index contributed by atoms with van der Waals surface area (Å²) in [6, 6.07) is 154. The number of fused-ring (bicyclic) bond motifs is 9. The van der Waals surface area contributed by atoms with E-state index in [9.17, 15) is 15.8 Å². The molecule has 0 amide bonds. The molecule has 117 heavy (non-hydrogen) atoms. The summed E-state index contributed by atoms with van der Waals surface area (Å²) in [5.74, 6) is 0. The van der Waals surface area contributed by atoms with Crippen LogP contribution in [0, 0.1) is 34.0 Å². The number of hydrogen-bond donors (Lipinski definition) is 0. The van der Waals surface area contributed by atoms with Gasteiger partial charge in [0.05, 0.1) is 39.1 Å². The van der Waals surface area contributed by atoms with E-state index in [4.69, 9.17) is 0 Å². The van der Waals surface area contributed by atoms with Crippen LogP contribution in [0.3, 0.4) is 0 Å². The van der Waals surface area contributed by atoms with Crippen LogP contribution in [0.2, 0.25) is 0 Å². The number of pyridine rings is 3. The average Bonchev–Trinajstić information content (AvgIpc) is 1.56. The Morgan fingerprint density at radius 1 is 0.197 bits per heavy atom. The van der Waals surface area contributed by atoms with Crippen molar-refractivity contribution in [3.05, 3.63) is 521 Å². The van der Waals surface area contributed by atoms with Gasteiger partial charge in [0.15, 0.2) is 0 Å². The smallest absolute Gasteiger partial charge is 0.141 e. The van der Waals surface area contributed by atoms with Gasteiger partial charge in [0.25, 0.3) is 0 Å². The fourth-order valence-electron chi connectivity index (χ4n) is 18.4. The van der Waals surface area contributed by atoms with E-state index in [1.807, 2.05) is 24.3 Å². The van der Waals surface area contributed by atoms with Crippen LogP contribution in [0.15, 0.2) is 437 Å². The number of hydrogen-bond acceptors (Lipinski definition) is 6. The van der Waals surface area contributed by atoms with Crippen LogP contribution in [-0.2, 0) is 16.2 Å². The highest BCUT2D eigenvalue weighted by Gasteiger charge is 2.49. The van der Waals surface area contributed by atoms with Crippen molar-refractivity contribution in [1.29, 1.82) is 15.8 Å². The van der Waals surface area contributed by atoms with E-state index >= 15 is 0 Å². The topological polar surface area (TPSA) is 110 Å². The molecule has 0 N–H and O–H groups in total. The third-order valence-electron chi connectivity index (χ3n) is 23.6. The van der Waals surface area contributed by atoms with E-state index < -0.39 is 0 Å². The number of benzene rings is 15. The molecule has 0 radical (unpaired) electrons. The molecule has 3 aliphatic rings. The van der Waals surface area contributed by atoms with Crippen molar-refractivity contribution in [3.8, 4) is 118 Å². The highest BCUT2D eigenvalue weighted by atomic mass is 14.7. The fraction of sp³-hybridized carbons (Fsp3) is 0.0270. The van der Waals surface area contributed by atoms with E-state index in [0.29, 0.717) is 16.8 Å². The Hall–Kier alpha value is -15.8. The fourth-order valence-corrected chi connectivity index (χ4v) is 18.4. The molecule has 3 aliphatic carbocycles. The number of nitriles is 3. The van der Waals surface area contributed by atoms with Crippen LogP contribution in [0.25, 0.3) is 100 Å². The first-order valence-electron chi connectivity index (χ1n) is 39.3. The maximum absolute atomic E-state index is 9.25. The van der Waals surface area contributed by atoms with Crippen LogP contribution in [0.5, 0.6) is 0 Å². The Morgan fingerprint density at radius 3 is 0.829 bits per heavy atom. The lowest BCUT2D eigenvalue weighted by Gasteiger charge is -2.33. The van der Waals surface area contributed by atoms with Gasteiger partial charge in [-0.15, -0.1) is 0 Å². The summed E-state index contributed by atoms with van der Waals surface area (Å²) >= 11 is 0. The molecule has 15 aromatic carbocycles. The third-order valence-corrected chi connectivity index (χ3v) is 23.6. The van der Waals surface area contributed by atoms with Gasteiger partial charge in [0.2, 0.25) is 0 Å². The zero-order valence-corrected chi connectivity index (χ0v) is 63.8. The Morgan fingerprint density at radius 2 is 0.487 bits per heavy atom. The molecule has 3 heterocycles. The van der Waals surface area contributed by atoms with E-state index in [1.165, 1.54) is 117 Å². The first-order chi connectivity index (χ1) is 57.9. The highest BCUT2D eigenvalue weighted by molar-refractivity contribution is 5.93. The van der Waals surface area contributed by atoms with E-state index in [0.717, 1.165) is 50.2 Å². The van der Waals surface area contributed by atoms with Crippen LogP contribution >= 0.6 is 0 Å². The zero-order chi connectivity index (χ0) is 78.7. The molecule has 0 unspecified atom stereocenters. The van der Waals surface area contributed by atoms with Gasteiger partial charge in [0, 0.05) is 35.9 Å². The normalized spacial score (nSPS) is 12.8. The predicted octanol–water partition coefficient (Wildman–Crippen LogP) is 26.0. The average molecular weight is 1490 g/mol. The maximum atomic E-state index is 9.25. The molecule has 0 fully saturated rings. The van der Waals surface area contributed by atoms with Gasteiger partial charge < -0.3 is 0 Å². The van der Waals surface area contributed by atoms with Gasteiger partial charge in [-0.3, -0.25) is 9.97 Å². The lowest BCUT2D eigenvalue weighted by atomic mass is 9.67. The number of nitrogens with zero attached hydrogens (tertiary/aromatic N) is 6. The lowest BCUT2D eigenvalue weighted by Crippen LogP contribution is -2.28. The quantitative estimate of drug-likeness (QED) is 0.120. The van der Waals surface area contributed by atoms with Gasteiger partial charge >= 0.3 is 0 Å². The molecule has 6 heteroatoms. The molecule has 546 valence electrons. The molecular weight excluding hydrogens is 1420 g/mol. The molecule has 0 bridgehead atoms. The molecule has 0 aliphatic heterocycles. The predicted molar refractivity (Wildman–Crippen MR) is 471 cm³/mol. The second-order valence-corrected chi connectivity index (χ2v) is 29.8. The van der Waals surface area contributed by atoms with Gasteiger partial charge in [-0.05, 0) is 199 Å². The zero-order valence-electron chi connectivity index (χ0n) is 63.8. The maximum Gasteiger partial charge on any atom is 0.141 e. The van der Waals surface area contributed by atoms with Crippen molar-refractivity contribution in [2.75, 3.05) is 0 Å². The molecular formula is C111H72N6. The summed E-state index contributed by atoms with van der Waals surface area (Å²) in [7, 11) is 0. The second kappa shape index (κ2) is 30.7. The summed E-state index contributed by atoms with van der Waals surface area (Å²) in [6.07, 6.45) is 6.76. The SMILES string of the molecule is N#Cc1cc(-c2ccc(-c3ccc4c(c3)-c3ccccc3C4(c3ccccc3)c3ccccc3)cc2)ccn1.N#Cc1ccnc(-c2ccc(-c3ccc4c(c3)-c3ccccc3C4(c3ccccc3)c3ccccc3)cc2)c1.N#Cc1cncc(-c2ccc(-c3ccc4c(c3)-c3ccccc3C4(c3ccccc3)c3ccccc3)cc2)c1. The van der Waals surface area contributed by atoms with Gasteiger partial charge in [-0.25, -0.2) is 4.98 Å². The number of rotatable bonds is 12. The minimum absolute atomic E-state index is 0.378. The van der Waals surface area contributed by atoms with Crippen molar-refractivity contribution in [1.82, 2.24) is 15.0 Å². The first kappa shape index (κ1) is 71.5. The van der Waals surface area contributed by atoms with Crippen molar-refractivity contribution in [3.63, 3.8) is 0 Å². The largest absolute Gasteiger partial charge is 0.263 e. The molecule has 3 aromatic heterocycles. The molecule has 18 aromatic rings. The van der Waals surface area contributed by atoms with Crippen LogP contribution in [-0.4, -0.2) is 15.0 Å². The van der Waals surface area contributed by atoms with E-state index in [-0.39, 0.29) is 16.2 Å². The van der Waals surface area contributed by atoms with E-state index in [2.05, 4.69) is 415 Å². The Balaban J connectivity index is 0.000000117. The Kier molecular flexibility index (Phi) is 18.8. The lowest BCUT2D eigenvalue weighted by molar-refractivity contribution is 0.768. The van der Waals surface area contributed by atoms with Crippen molar-refractivity contribution in [2.24, 2.45) is 0 Å². The first-order valence-corrected chi connectivity index (χ1v) is 39.3. The van der Waals surface area contributed by atoms with Crippen LogP contribution in [0.1, 0.15) is 83.6 Å². The van der Waals surface area contributed by atoms with Gasteiger partial charge in [0.1, 0.15) is 17.8 Å². The minimum Gasteiger partial charge on any atom is -0.263 e. The molecule has 0 saturated carbocycles. The standard InChI is InChI=1S/3C37H24N2/c38-23-26-21-30(25-39-24-26)28-17-15-27(16-18-28)29-19-20-36-34(22-29)33-13-7-8-14-35(33)37(36,31-9-3-1-4-10-31)32-11-5-2-6-12-32;38-25-26-21-22-39-36(23-26)28-17-15-27(16-18-28)29-19-20-35-33(24-29)32-13-7-8-14-34(32)37(35,30-9-3-1-4-10-30)31-11-5-2-6-12-31;38-25-32-23-29(21-22-39-32)27-17-15-26(16-18-27)28-19-20-36-34(24-28)33-13-7-8-14-35(33)37(36,30-9-3-1-4-10-30)31-11-5-2-6-12-31/h1-22,24-25H;2*1-24H. The van der Waals surface area contributed by atoms with Gasteiger partial charge in [-0.1, -0.05) is 364 Å². The summed E-state index contributed by atoms with van der Waals surface area (Å²) in [6.45, 7) is 0. The summed E-state index contributed by atoms with van der Waals surface area (Å²) < 4.78 is 0. The monoisotopic (exact) mass is 1490 g/mol. The van der Waals surface area contributed by atoms with E-state index in [1.54, 1.807) is 30.9 Å². The highest BCUT2D eigenvalue weighted by Crippen LogP contribution is 2.60. The summed E-state index contributed by atoms with van der Waals surface area (Å²) in [5.41, 5.74) is 36.4. The van der Waals surface area contributed by atoms with Crippen molar-refractivity contribution >= 4 is 0 Å². The third kappa shape index (κ3) is 12.5. The second-order valence-electron chi connectivity index (χ2n) is 29.8. The van der Waals surface area contributed by atoms with Crippen molar-refractivity contribution < 1.29 is 0 Å². The Bertz CT molecular complexity index is 6090. The molecule has 0 saturated heterocycles. The minimum atomic E-state index is -0.381. The van der Waals surface area contributed by atoms with Crippen LogP contribution in [0.4, 0.5) is 0 Å². The summed E-state index contributed by atoms with van der Waals surface area (Å²) in [4.78, 5) is 12.8. The number of aromatic nitrogens is 3. The molecule has 0 atom stereocenters. The van der Waals surface area contributed by atoms with Crippen LogP contribution < -0.4 is 0 Å².